The van der Waals surface area contributed by atoms with E-state index >= 15 is 4.79 Å². The Balaban J connectivity index is 0.802. The summed E-state index contributed by atoms with van der Waals surface area (Å²) in [5.41, 5.74) is 11.2. The fourth-order valence-corrected chi connectivity index (χ4v) is 30.2. The number of phenols is 1. The first-order valence-electron chi connectivity index (χ1n) is 35.7. The molecule has 0 aromatic heterocycles. The standard InChI is InChI=1S/C74H103N5O6S2/c1-47(80)84-68-31-21-49-37-53(64(83)65-63(49)50-23-34-72(85-65)28-8-14-55(72)38-50)44-79-46-69(41-62(79)82)56(18-19-59(69)48-11-4-3-5-12-48)43-77-66(75)78-74(30-10-27-67(74)25-6-7-26-67)87-86-45-57-16-15-51(58(24-32-68)61(81)40-68)39-71(57)36-35-70-33-22-52(42-76-2)60(70)20-17-54-13-9-29-73(54,70)71/h3-5,11-12,23,34,37,50-52,54-61,76,81,83H,6-10,13-22,24-33,35-36,38-46H2,1-2H3,(H3,75,77,78). The lowest BCUT2D eigenvalue weighted by atomic mass is 9.40. The summed E-state index contributed by atoms with van der Waals surface area (Å²) in [7, 11) is 6.58. The SMILES string of the molecule is CNCC1CCC23CCC4(CC5CCC4CSSC4(CCCC46CCCC6)NC(N)=NCC4CCC(c6ccccc6)C46CC(=O)N(Cc4cc(c7c(c4O)OC48C=CC7CC4CCC8)CCC4(OC(C)=O)CCC5C(O)C4)C6)C24CCCC4CCC13. The number of nitrogens with zero attached hydrogens (tertiary/aromatic N) is 2. The molecule has 10 bridgehead atoms. The number of esters is 1. The van der Waals surface area contributed by atoms with Crippen LogP contribution in [-0.2, 0) is 27.3 Å². The van der Waals surface area contributed by atoms with Gasteiger partial charge in [0, 0.05) is 78.9 Å². The molecule has 6 heterocycles. The normalized spacial score (nSPS) is 45.1. The van der Waals surface area contributed by atoms with E-state index in [1.807, 2.05) is 0 Å². The molecule has 6 N–H and O–H groups in total. The zero-order valence-electron chi connectivity index (χ0n) is 52.7. The van der Waals surface area contributed by atoms with E-state index in [1.165, 1.54) is 127 Å². The molecule has 19 rings (SSSR count). The van der Waals surface area contributed by atoms with E-state index in [4.69, 9.17) is 20.2 Å². The summed E-state index contributed by atoms with van der Waals surface area (Å²) in [6.45, 7) is 4.16. The van der Waals surface area contributed by atoms with Gasteiger partial charge in [-0.1, -0.05) is 77.3 Å². The van der Waals surface area contributed by atoms with Gasteiger partial charge in [0.15, 0.2) is 17.5 Å². The van der Waals surface area contributed by atoms with E-state index in [-0.39, 0.29) is 69.0 Å². The zero-order chi connectivity index (χ0) is 59.2. The number of nitrogens with one attached hydrogen (secondary N) is 2. The first kappa shape index (κ1) is 58.7. The molecule has 1 amide bonds. The number of nitrogens with two attached hydrogens (primary N) is 1. The van der Waals surface area contributed by atoms with Crippen LogP contribution in [0, 0.1) is 74.4 Å². The lowest BCUT2D eigenvalue weighted by Gasteiger charge is -2.65. The van der Waals surface area contributed by atoms with E-state index in [9.17, 15) is 15.0 Å². The number of phenolic OH excluding ortho intramolecular Hbond substituents is 1. The number of aliphatic hydroxyl groups excluding tert-OH is 1. The lowest BCUT2D eigenvalue weighted by Crippen LogP contribution is -2.60. The number of amides is 1. The quantitative estimate of drug-likeness (QED) is 0.113. The molecule has 2 aromatic rings. The van der Waals surface area contributed by atoms with Crippen molar-refractivity contribution in [2.24, 2.45) is 85.1 Å². The highest BCUT2D eigenvalue weighted by Crippen LogP contribution is 2.84. The summed E-state index contributed by atoms with van der Waals surface area (Å²) in [5.74, 6) is 6.77. The van der Waals surface area contributed by atoms with Crippen LogP contribution in [0.25, 0.3) is 0 Å². The number of hydrogen-bond acceptors (Lipinski definition) is 12. The third-order valence-electron chi connectivity index (χ3n) is 29.4. The number of rotatable bonds is 4. The molecule has 13 heteroatoms. The summed E-state index contributed by atoms with van der Waals surface area (Å²) in [5, 5.41) is 33.9. The molecule has 2 aromatic carbocycles. The minimum atomic E-state index is -0.821. The topological polar surface area (TPSA) is 159 Å². The molecule has 6 aliphatic heterocycles. The first-order chi connectivity index (χ1) is 42.2. The molecule has 18 atom stereocenters. The van der Waals surface area contributed by atoms with Crippen molar-refractivity contribution in [2.75, 3.05) is 32.4 Å². The molecule has 11 aliphatic carbocycles. The van der Waals surface area contributed by atoms with Crippen molar-refractivity contribution >= 4 is 39.4 Å². The maximum Gasteiger partial charge on any atom is 0.303 e. The number of fused-ring (bicyclic) bond motifs is 2. The fourth-order valence-electron chi connectivity index (χ4n) is 26.2. The number of benzene rings is 2. The molecule has 11 nitrogen and oxygen atoms in total. The molecule has 18 unspecified atom stereocenters. The highest BCUT2D eigenvalue weighted by Gasteiger charge is 2.77. The molecule has 11 fully saturated rings. The van der Waals surface area contributed by atoms with Gasteiger partial charge in [0.1, 0.15) is 16.1 Å². The third-order valence-corrected chi connectivity index (χ3v) is 32.7. The second-order valence-electron chi connectivity index (χ2n) is 32.3. The van der Waals surface area contributed by atoms with Crippen LogP contribution in [0.1, 0.15) is 234 Å². The van der Waals surface area contributed by atoms with Crippen LogP contribution in [-0.4, -0.2) is 87.6 Å². The van der Waals surface area contributed by atoms with Gasteiger partial charge in [-0.15, -0.1) is 0 Å². The van der Waals surface area contributed by atoms with Crippen molar-refractivity contribution in [1.29, 1.82) is 0 Å². The van der Waals surface area contributed by atoms with Gasteiger partial charge in [-0.25, -0.2) is 0 Å². The summed E-state index contributed by atoms with van der Waals surface area (Å²) in [4.78, 5) is 36.0. The average Bonchev–Trinajstić information content (AvgIpc) is 1.60. The van der Waals surface area contributed by atoms with Crippen molar-refractivity contribution in [3.63, 3.8) is 0 Å². The number of aliphatic imine (C=N–C) groups is 1. The third kappa shape index (κ3) is 8.83. The molecule has 87 heavy (non-hydrogen) atoms. The Morgan fingerprint density at radius 2 is 1.64 bits per heavy atom. The highest BCUT2D eigenvalue weighted by molar-refractivity contribution is 8.77. The van der Waals surface area contributed by atoms with E-state index in [2.05, 4.69) is 92.7 Å². The molecule has 17 aliphatic rings. The van der Waals surface area contributed by atoms with Gasteiger partial charge in [0.05, 0.1) is 6.10 Å². The summed E-state index contributed by atoms with van der Waals surface area (Å²) >= 11 is 0. The van der Waals surface area contributed by atoms with Crippen LogP contribution in [0.2, 0.25) is 0 Å². The predicted octanol–water partition coefficient (Wildman–Crippen LogP) is 14.4. The second kappa shape index (κ2) is 21.9. The number of aryl methyl sites for hydroxylation is 1. The maximum absolute atomic E-state index is 15.1. The fraction of sp³-hybridized carbons (Fsp3) is 0.770. The Kier molecular flexibility index (Phi) is 14.8. The molecule has 1 saturated heterocycles. The second-order valence-corrected chi connectivity index (χ2v) is 35.0. The largest absolute Gasteiger partial charge is 0.504 e. The molecule has 0 radical (unpaired) electrons. The molecule has 7 spiro atoms. The molecular formula is C74H103N5O6S2. The van der Waals surface area contributed by atoms with Crippen molar-refractivity contribution in [1.82, 2.24) is 15.5 Å². The zero-order valence-corrected chi connectivity index (χ0v) is 54.4. The minimum absolute atomic E-state index is 0.0864. The minimum Gasteiger partial charge on any atom is -0.504 e. The Morgan fingerprint density at radius 3 is 2.48 bits per heavy atom. The summed E-state index contributed by atoms with van der Waals surface area (Å²) in [6, 6.07) is 13.1. The smallest absolute Gasteiger partial charge is 0.303 e. The van der Waals surface area contributed by atoms with Gasteiger partial charge < -0.3 is 41.0 Å². The van der Waals surface area contributed by atoms with E-state index in [1.54, 1.807) is 6.92 Å². The van der Waals surface area contributed by atoms with Gasteiger partial charge in [-0.05, 0) is 267 Å². The average molecular weight is 1220 g/mol. The van der Waals surface area contributed by atoms with Crippen LogP contribution in [0.5, 0.6) is 11.5 Å². The Bertz CT molecular complexity index is 3060. The van der Waals surface area contributed by atoms with E-state index < -0.39 is 17.3 Å². The van der Waals surface area contributed by atoms with Gasteiger partial charge >= 0.3 is 5.97 Å². The molecule has 10 saturated carbocycles. The summed E-state index contributed by atoms with van der Waals surface area (Å²) < 4.78 is 14.0. The van der Waals surface area contributed by atoms with Crippen LogP contribution in [0.15, 0.2) is 53.5 Å². The number of ether oxygens (including phenoxy) is 2. The number of allylic oxidation sites excluding steroid dienone is 1. The van der Waals surface area contributed by atoms with Gasteiger partial charge in [0.2, 0.25) is 5.91 Å². The number of aliphatic hydroxyl groups is 1. The van der Waals surface area contributed by atoms with Crippen LogP contribution in [0.4, 0.5) is 0 Å². The number of carbonyl (C=O) groups excluding carboxylic acids is 2. The van der Waals surface area contributed by atoms with Crippen LogP contribution < -0.4 is 21.1 Å². The lowest BCUT2D eigenvalue weighted by molar-refractivity contribution is -0.180. The van der Waals surface area contributed by atoms with E-state index in [0.29, 0.717) is 79.1 Å². The first-order valence-corrected chi connectivity index (χ1v) is 38.0. The number of carbonyl (C=O) groups is 2. The summed E-state index contributed by atoms with van der Waals surface area (Å²) in [6.07, 6.45) is 38.7. The number of guanidine groups is 1. The molecular weight excluding hydrogens is 1120 g/mol. The van der Waals surface area contributed by atoms with Crippen molar-refractivity contribution in [3.05, 3.63) is 70.8 Å². The van der Waals surface area contributed by atoms with Crippen LogP contribution in [0.3, 0.4) is 0 Å². The van der Waals surface area contributed by atoms with Gasteiger partial charge in [-0.2, -0.15) is 0 Å². The van der Waals surface area contributed by atoms with E-state index in [0.717, 1.165) is 98.8 Å². The molecule has 472 valence electrons. The maximum atomic E-state index is 15.1. The van der Waals surface area contributed by atoms with Crippen LogP contribution >= 0.6 is 21.6 Å². The number of aromatic hydroxyl groups is 1. The van der Waals surface area contributed by atoms with Crippen molar-refractivity contribution < 1.29 is 29.3 Å². The Hall–Kier alpha value is -3.39. The van der Waals surface area contributed by atoms with Crippen molar-refractivity contribution in [3.8, 4) is 11.5 Å². The monoisotopic (exact) mass is 1220 g/mol. The van der Waals surface area contributed by atoms with Gasteiger partial charge in [-0.3, -0.25) is 14.6 Å². The predicted molar refractivity (Wildman–Crippen MR) is 347 cm³/mol. The van der Waals surface area contributed by atoms with Crippen molar-refractivity contribution in [2.45, 2.75) is 247 Å². The number of hydrogen-bond donors (Lipinski definition) is 5. The highest BCUT2D eigenvalue weighted by atomic mass is 33.1. The Morgan fingerprint density at radius 1 is 0.839 bits per heavy atom. The Labute approximate surface area is 527 Å². The van der Waals surface area contributed by atoms with Gasteiger partial charge in [0.25, 0.3) is 0 Å².